The van der Waals surface area contributed by atoms with Crippen molar-refractivity contribution in [2.75, 3.05) is 6.54 Å². The predicted molar refractivity (Wildman–Crippen MR) is 111 cm³/mol. The van der Waals surface area contributed by atoms with Gasteiger partial charge < -0.3 is 4.74 Å². The summed E-state index contributed by atoms with van der Waals surface area (Å²) in [7, 11) is 0. The van der Waals surface area contributed by atoms with E-state index >= 15 is 0 Å². The first-order chi connectivity index (χ1) is 13.9. The SMILES string of the molecule is C=CCN1C(=O)NC(=O)/C(=C/c2ccccc2OCc2ccc(Cl)cc2Cl)C1=O. The number of carbonyl (C=O) groups excluding carboxylic acids is 3. The van der Waals surface area contributed by atoms with E-state index < -0.39 is 17.8 Å². The third kappa shape index (κ3) is 4.67. The van der Waals surface area contributed by atoms with Crippen LogP contribution in [0.15, 0.2) is 60.7 Å². The van der Waals surface area contributed by atoms with Crippen LogP contribution >= 0.6 is 23.2 Å². The maximum atomic E-state index is 12.6. The third-order valence-electron chi connectivity index (χ3n) is 4.11. The molecule has 6 nitrogen and oxygen atoms in total. The van der Waals surface area contributed by atoms with Crippen LogP contribution in [0.4, 0.5) is 4.79 Å². The Morgan fingerprint density at radius 3 is 2.59 bits per heavy atom. The van der Waals surface area contributed by atoms with Crippen molar-refractivity contribution in [3.63, 3.8) is 0 Å². The van der Waals surface area contributed by atoms with Gasteiger partial charge in [0.25, 0.3) is 11.8 Å². The van der Waals surface area contributed by atoms with Crippen LogP contribution in [-0.4, -0.2) is 29.3 Å². The molecule has 0 spiro atoms. The van der Waals surface area contributed by atoms with Crippen molar-refractivity contribution in [2.45, 2.75) is 6.61 Å². The second-order valence-corrected chi connectivity index (χ2v) is 6.93. The highest BCUT2D eigenvalue weighted by Crippen LogP contribution is 2.26. The molecule has 2 aromatic rings. The number of carbonyl (C=O) groups is 3. The second kappa shape index (κ2) is 8.94. The highest BCUT2D eigenvalue weighted by Gasteiger charge is 2.35. The zero-order valence-corrected chi connectivity index (χ0v) is 16.7. The number of imide groups is 2. The van der Waals surface area contributed by atoms with Crippen molar-refractivity contribution >= 4 is 47.1 Å². The van der Waals surface area contributed by atoms with Gasteiger partial charge in [0.1, 0.15) is 17.9 Å². The van der Waals surface area contributed by atoms with E-state index in [4.69, 9.17) is 27.9 Å². The Morgan fingerprint density at radius 1 is 1.10 bits per heavy atom. The van der Waals surface area contributed by atoms with Crippen LogP contribution in [0, 0.1) is 0 Å². The molecule has 1 saturated heterocycles. The lowest BCUT2D eigenvalue weighted by molar-refractivity contribution is -0.129. The summed E-state index contributed by atoms with van der Waals surface area (Å²) in [5.74, 6) is -1.02. The highest BCUT2D eigenvalue weighted by molar-refractivity contribution is 6.35. The molecule has 148 valence electrons. The van der Waals surface area contributed by atoms with Crippen LogP contribution < -0.4 is 10.1 Å². The summed E-state index contributed by atoms with van der Waals surface area (Å²) in [6.45, 7) is 3.67. The summed E-state index contributed by atoms with van der Waals surface area (Å²) in [4.78, 5) is 37.5. The van der Waals surface area contributed by atoms with Gasteiger partial charge in [0.15, 0.2) is 0 Å². The first-order valence-corrected chi connectivity index (χ1v) is 9.32. The molecular weight excluding hydrogens is 415 g/mol. The van der Waals surface area contributed by atoms with Gasteiger partial charge in [-0.25, -0.2) is 4.79 Å². The number of benzene rings is 2. The first-order valence-electron chi connectivity index (χ1n) is 8.56. The van der Waals surface area contributed by atoms with Gasteiger partial charge in [-0.2, -0.15) is 0 Å². The molecular formula is C21H16Cl2N2O4. The molecule has 0 aliphatic carbocycles. The van der Waals surface area contributed by atoms with E-state index in [2.05, 4.69) is 11.9 Å². The minimum Gasteiger partial charge on any atom is -0.488 e. The van der Waals surface area contributed by atoms with Crippen LogP contribution in [-0.2, 0) is 16.2 Å². The summed E-state index contributed by atoms with van der Waals surface area (Å²) in [6, 6.07) is 11.2. The van der Waals surface area contributed by atoms with Crippen molar-refractivity contribution in [1.82, 2.24) is 10.2 Å². The summed E-state index contributed by atoms with van der Waals surface area (Å²) in [5.41, 5.74) is 1.06. The summed E-state index contributed by atoms with van der Waals surface area (Å²) < 4.78 is 5.84. The second-order valence-electron chi connectivity index (χ2n) is 6.08. The maximum Gasteiger partial charge on any atom is 0.331 e. The van der Waals surface area contributed by atoms with Crippen molar-refractivity contribution < 1.29 is 19.1 Å². The fourth-order valence-electron chi connectivity index (χ4n) is 2.67. The Bertz CT molecular complexity index is 1030. The van der Waals surface area contributed by atoms with Crippen molar-refractivity contribution in [1.29, 1.82) is 0 Å². The molecule has 0 radical (unpaired) electrons. The monoisotopic (exact) mass is 430 g/mol. The zero-order valence-electron chi connectivity index (χ0n) is 15.2. The Hall–Kier alpha value is -3.09. The maximum absolute atomic E-state index is 12.6. The zero-order chi connectivity index (χ0) is 21.0. The van der Waals surface area contributed by atoms with Crippen LogP contribution in [0.1, 0.15) is 11.1 Å². The van der Waals surface area contributed by atoms with Gasteiger partial charge in [0.2, 0.25) is 0 Å². The Kier molecular flexibility index (Phi) is 6.36. The Morgan fingerprint density at radius 2 is 1.86 bits per heavy atom. The van der Waals surface area contributed by atoms with Crippen LogP contribution in [0.3, 0.4) is 0 Å². The number of nitrogens with one attached hydrogen (secondary N) is 1. The standard InChI is InChI=1S/C21H16Cl2N2O4/c1-2-9-25-20(27)16(19(26)24-21(25)28)10-13-5-3-4-6-18(13)29-12-14-7-8-15(22)11-17(14)23/h2-8,10-11H,1,9,12H2,(H,24,26,28)/b16-10-. The summed E-state index contributed by atoms with van der Waals surface area (Å²) in [5, 5.41) is 3.13. The molecule has 0 saturated carbocycles. The summed E-state index contributed by atoms with van der Waals surface area (Å²) in [6.07, 6.45) is 2.79. The number of ether oxygens (including phenoxy) is 1. The molecule has 1 N–H and O–H groups in total. The van der Waals surface area contributed by atoms with Gasteiger partial charge in [-0.3, -0.25) is 19.8 Å². The minimum atomic E-state index is -0.779. The topological polar surface area (TPSA) is 75.7 Å². The van der Waals surface area contributed by atoms with E-state index in [1.807, 2.05) is 0 Å². The quantitative estimate of drug-likeness (QED) is 0.422. The molecule has 4 amide bonds. The number of nitrogens with zero attached hydrogens (tertiary/aromatic N) is 1. The highest BCUT2D eigenvalue weighted by atomic mass is 35.5. The van der Waals surface area contributed by atoms with Crippen LogP contribution in [0.25, 0.3) is 6.08 Å². The van der Waals surface area contributed by atoms with Crippen LogP contribution in [0.5, 0.6) is 5.75 Å². The lowest BCUT2D eigenvalue weighted by Gasteiger charge is -2.25. The van der Waals surface area contributed by atoms with E-state index in [-0.39, 0.29) is 18.7 Å². The van der Waals surface area contributed by atoms with Gasteiger partial charge in [-0.15, -0.1) is 6.58 Å². The first kappa shape index (κ1) is 20.6. The Labute approximate surface area is 177 Å². The van der Waals surface area contributed by atoms with E-state index in [1.165, 1.54) is 12.2 Å². The average molecular weight is 431 g/mol. The lowest BCUT2D eigenvalue weighted by Crippen LogP contribution is -2.54. The fraction of sp³-hybridized carbons (Fsp3) is 0.0952. The molecule has 1 aliphatic rings. The van der Waals surface area contributed by atoms with Gasteiger partial charge in [0.05, 0.1) is 0 Å². The van der Waals surface area contributed by atoms with E-state index in [0.29, 0.717) is 21.4 Å². The number of para-hydroxylation sites is 1. The van der Waals surface area contributed by atoms with Crippen molar-refractivity contribution in [2.24, 2.45) is 0 Å². The van der Waals surface area contributed by atoms with Gasteiger partial charge >= 0.3 is 6.03 Å². The predicted octanol–water partition coefficient (Wildman–Crippen LogP) is 4.22. The number of hydrogen-bond donors (Lipinski definition) is 1. The number of urea groups is 1. The Balaban J connectivity index is 1.87. The number of amides is 4. The minimum absolute atomic E-state index is 0.0114. The molecule has 1 aliphatic heterocycles. The van der Waals surface area contributed by atoms with E-state index in [0.717, 1.165) is 10.5 Å². The number of barbiturate groups is 1. The normalized spacial score (nSPS) is 15.4. The average Bonchev–Trinajstić information content (AvgIpc) is 2.68. The molecule has 0 unspecified atom stereocenters. The molecule has 8 heteroatoms. The van der Waals surface area contributed by atoms with E-state index in [9.17, 15) is 14.4 Å². The van der Waals surface area contributed by atoms with Gasteiger partial charge in [-0.05, 0) is 24.3 Å². The molecule has 1 fully saturated rings. The molecule has 0 bridgehead atoms. The largest absolute Gasteiger partial charge is 0.488 e. The number of hydrogen-bond acceptors (Lipinski definition) is 4. The smallest absolute Gasteiger partial charge is 0.331 e. The molecule has 3 rings (SSSR count). The van der Waals surface area contributed by atoms with Crippen LogP contribution in [0.2, 0.25) is 10.0 Å². The van der Waals surface area contributed by atoms with Crippen molar-refractivity contribution in [3.8, 4) is 5.75 Å². The molecule has 0 atom stereocenters. The number of rotatable bonds is 6. The van der Waals surface area contributed by atoms with Gasteiger partial charge in [-0.1, -0.05) is 53.5 Å². The van der Waals surface area contributed by atoms with E-state index in [1.54, 1.807) is 42.5 Å². The fourth-order valence-corrected chi connectivity index (χ4v) is 3.13. The molecule has 2 aromatic carbocycles. The van der Waals surface area contributed by atoms with Gasteiger partial charge in [0, 0.05) is 27.7 Å². The third-order valence-corrected chi connectivity index (χ3v) is 4.70. The molecule has 29 heavy (non-hydrogen) atoms. The van der Waals surface area contributed by atoms with Crippen molar-refractivity contribution in [3.05, 3.63) is 81.9 Å². The lowest BCUT2D eigenvalue weighted by atomic mass is 10.1. The molecule has 1 heterocycles. The number of halogens is 2. The summed E-state index contributed by atoms with van der Waals surface area (Å²) >= 11 is 12.1. The molecule has 0 aromatic heterocycles.